The van der Waals surface area contributed by atoms with Gasteiger partial charge in [-0.15, -0.1) is 0 Å². The predicted molar refractivity (Wildman–Crippen MR) is 97.8 cm³/mol. The van der Waals surface area contributed by atoms with Gasteiger partial charge in [-0.05, 0) is 43.9 Å². The second kappa shape index (κ2) is 5.56. The van der Waals surface area contributed by atoms with E-state index in [1.807, 2.05) is 19.2 Å². The molecule has 2 aliphatic rings. The fraction of sp³-hybridized carbons (Fsp3) is 0.400. The summed E-state index contributed by atoms with van der Waals surface area (Å²) in [5.74, 6) is 1.85. The van der Waals surface area contributed by atoms with Crippen LogP contribution >= 0.6 is 0 Å². The molecule has 0 amide bonds. The molecule has 0 bridgehead atoms. The van der Waals surface area contributed by atoms with Crippen molar-refractivity contribution in [1.29, 1.82) is 0 Å². The topological polar surface area (TPSA) is 54.0 Å². The van der Waals surface area contributed by atoms with Crippen LogP contribution in [0.4, 0.5) is 5.82 Å². The first-order chi connectivity index (χ1) is 12.3. The number of rotatable bonds is 1. The Bertz CT molecular complexity index is 924. The zero-order chi connectivity index (χ0) is 16.9. The van der Waals surface area contributed by atoms with Crippen molar-refractivity contribution in [2.75, 3.05) is 24.6 Å². The molecule has 3 aromatic rings. The number of aromatic nitrogens is 3. The average Bonchev–Trinajstić information content (AvgIpc) is 3.03. The minimum absolute atomic E-state index is 0.175. The molecule has 128 valence electrons. The van der Waals surface area contributed by atoms with E-state index in [0.717, 1.165) is 50.6 Å². The number of hydrogen-bond acceptors (Lipinski definition) is 4. The zero-order valence-corrected chi connectivity index (χ0v) is 14.5. The highest BCUT2D eigenvalue weighted by atomic mass is 16.5. The van der Waals surface area contributed by atoms with E-state index in [1.54, 1.807) is 0 Å². The number of nitrogens with one attached hydrogen (secondary N) is 1. The van der Waals surface area contributed by atoms with Crippen LogP contribution in [0.25, 0.3) is 10.9 Å². The molecule has 1 spiro atoms. The molecule has 0 saturated carbocycles. The number of piperidine rings is 1. The molecule has 4 heterocycles. The summed E-state index contributed by atoms with van der Waals surface area (Å²) in [5, 5.41) is 1.36. The minimum Gasteiger partial charge on any atom is -0.368 e. The lowest BCUT2D eigenvalue weighted by Gasteiger charge is -2.44. The van der Waals surface area contributed by atoms with Crippen LogP contribution in [0, 0.1) is 6.92 Å². The maximum atomic E-state index is 6.38. The van der Waals surface area contributed by atoms with Gasteiger partial charge in [-0.3, -0.25) is 0 Å². The van der Waals surface area contributed by atoms with Crippen molar-refractivity contribution < 1.29 is 4.74 Å². The molecule has 0 radical (unpaired) electrons. The van der Waals surface area contributed by atoms with Gasteiger partial charge in [-0.25, -0.2) is 9.97 Å². The summed E-state index contributed by atoms with van der Waals surface area (Å²) < 4.78 is 6.38. The SMILES string of the molecule is Cc1nccc(N2CCC3(CC2)OCCc2c3[nH]c3ccccc23)n1. The molecule has 2 aromatic heterocycles. The van der Waals surface area contributed by atoms with Gasteiger partial charge in [0.1, 0.15) is 17.2 Å². The molecule has 5 nitrogen and oxygen atoms in total. The number of ether oxygens (including phenoxy) is 1. The highest BCUT2D eigenvalue weighted by molar-refractivity contribution is 5.85. The molecule has 1 saturated heterocycles. The third-order valence-corrected chi connectivity index (χ3v) is 5.66. The highest BCUT2D eigenvalue weighted by Crippen LogP contribution is 2.43. The van der Waals surface area contributed by atoms with Crippen molar-refractivity contribution >= 4 is 16.7 Å². The van der Waals surface area contributed by atoms with Crippen LogP contribution in [0.1, 0.15) is 29.9 Å². The van der Waals surface area contributed by atoms with Crippen LogP contribution in [-0.2, 0) is 16.8 Å². The first-order valence-electron chi connectivity index (χ1n) is 9.04. The van der Waals surface area contributed by atoms with Gasteiger partial charge in [-0.2, -0.15) is 0 Å². The van der Waals surface area contributed by atoms with E-state index in [2.05, 4.69) is 44.1 Å². The largest absolute Gasteiger partial charge is 0.368 e. The van der Waals surface area contributed by atoms with Crippen molar-refractivity contribution in [3.63, 3.8) is 0 Å². The van der Waals surface area contributed by atoms with E-state index < -0.39 is 0 Å². The standard InChI is InChI=1S/C20H22N4O/c1-14-21-10-6-18(22-14)24-11-8-20(9-12-24)19-16(7-13-25-20)15-4-2-3-5-17(15)23-19/h2-6,10,23H,7-9,11-13H2,1H3. The number of nitrogens with zero attached hydrogens (tertiary/aromatic N) is 3. The second-order valence-corrected chi connectivity index (χ2v) is 7.07. The van der Waals surface area contributed by atoms with Crippen molar-refractivity contribution in [1.82, 2.24) is 15.0 Å². The normalized spacial score (nSPS) is 19.3. The lowest BCUT2D eigenvalue weighted by molar-refractivity contribution is -0.0791. The lowest BCUT2D eigenvalue weighted by atomic mass is 9.83. The summed E-state index contributed by atoms with van der Waals surface area (Å²) in [5.41, 5.74) is 3.81. The van der Waals surface area contributed by atoms with Crippen LogP contribution in [-0.4, -0.2) is 34.6 Å². The Hall–Kier alpha value is -2.40. The van der Waals surface area contributed by atoms with Gasteiger partial charge in [0.05, 0.1) is 12.3 Å². The molecule has 5 rings (SSSR count). The second-order valence-electron chi connectivity index (χ2n) is 7.07. The number of benzene rings is 1. The number of hydrogen-bond donors (Lipinski definition) is 1. The number of para-hydroxylation sites is 1. The van der Waals surface area contributed by atoms with E-state index in [9.17, 15) is 0 Å². The molecule has 0 aliphatic carbocycles. The smallest absolute Gasteiger partial charge is 0.132 e. The van der Waals surface area contributed by atoms with Gasteiger partial charge in [0, 0.05) is 30.2 Å². The van der Waals surface area contributed by atoms with E-state index >= 15 is 0 Å². The molecule has 0 atom stereocenters. The molecule has 2 aliphatic heterocycles. The van der Waals surface area contributed by atoms with Gasteiger partial charge < -0.3 is 14.6 Å². The highest BCUT2D eigenvalue weighted by Gasteiger charge is 2.42. The maximum Gasteiger partial charge on any atom is 0.132 e. The lowest BCUT2D eigenvalue weighted by Crippen LogP contribution is -2.47. The fourth-order valence-corrected chi connectivity index (χ4v) is 4.38. The van der Waals surface area contributed by atoms with Crippen molar-refractivity contribution in [2.45, 2.75) is 31.8 Å². The van der Waals surface area contributed by atoms with E-state index in [0.29, 0.717) is 0 Å². The Balaban J connectivity index is 1.47. The summed E-state index contributed by atoms with van der Waals surface area (Å²) in [6.07, 6.45) is 4.80. The predicted octanol–water partition coefficient (Wildman–Crippen LogP) is 3.33. The Kier molecular flexibility index (Phi) is 3.31. The Morgan fingerprint density at radius 1 is 1.16 bits per heavy atom. The fourth-order valence-electron chi connectivity index (χ4n) is 4.38. The third-order valence-electron chi connectivity index (χ3n) is 5.66. The molecule has 1 N–H and O–H groups in total. The number of H-pyrrole nitrogens is 1. The van der Waals surface area contributed by atoms with E-state index in [-0.39, 0.29) is 5.60 Å². The van der Waals surface area contributed by atoms with Crippen LogP contribution in [0.3, 0.4) is 0 Å². The molecule has 1 fully saturated rings. The van der Waals surface area contributed by atoms with Gasteiger partial charge in [-0.1, -0.05) is 18.2 Å². The third kappa shape index (κ3) is 2.34. The van der Waals surface area contributed by atoms with Crippen LogP contribution in [0.5, 0.6) is 0 Å². The maximum absolute atomic E-state index is 6.38. The van der Waals surface area contributed by atoms with E-state index in [4.69, 9.17) is 4.74 Å². The molecule has 0 unspecified atom stereocenters. The molecule has 1 aromatic carbocycles. The number of anilines is 1. The van der Waals surface area contributed by atoms with Crippen molar-refractivity contribution in [3.05, 3.63) is 53.6 Å². The summed E-state index contributed by atoms with van der Waals surface area (Å²) >= 11 is 0. The first-order valence-corrected chi connectivity index (χ1v) is 9.04. The molecule has 25 heavy (non-hydrogen) atoms. The monoisotopic (exact) mass is 334 g/mol. The van der Waals surface area contributed by atoms with Crippen molar-refractivity contribution in [3.8, 4) is 0 Å². The van der Waals surface area contributed by atoms with Gasteiger partial charge in [0.15, 0.2) is 0 Å². The number of aryl methyl sites for hydroxylation is 1. The van der Waals surface area contributed by atoms with Gasteiger partial charge >= 0.3 is 0 Å². The Labute approximate surface area is 147 Å². The quantitative estimate of drug-likeness (QED) is 0.742. The van der Waals surface area contributed by atoms with Crippen LogP contribution < -0.4 is 4.90 Å². The number of aromatic amines is 1. The zero-order valence-electron chi connectivity index (χ0n) is 14.5. The van der Waals surface area contributed by atoms with Crippen LogP contribution in [0.15, 0.2) is 36.5 Å². The van der Waals surface area contributed by atoms with Gasteiger partial charge in [0.2, 0.25) is 0 Å². The summed E-state index contributed by atoms with van der Waals surface area (Å²) in [7, 11) is 0. The minimum atomic E-state index is -0.175. The molecule has 5 heteroatoms. The van der Waals surface area contributed by atoms with Crippen molar-refractivity contribution in [2.24, 2.45) is 0 Å². The summed E-state index contributed by atoms with van der Waals surface area (Å²) in [6.45, 7) is 4.65. The summed E-state index contributed by atoms with van der Waals surface area (Å²) in [6, 6.07) is 10.6. The Morgan fingerprint density at radius 2 is 2.00 bits per heavy atom. The average molecular weight is 334 g/mol. The summed E-state index contributed by atoms with van der Waals surface area (Å²) in [4.78, 5) is 14.8. The molecular formula is C20H22N4O. The van der Waals surface area contributed by atoms with Crippen LogP contribution in [0.2, 0.25) is 0 Å². The Morgan fingerprint density at radius 3 is 2.84 bits per heavy atom. The van der Waals surface area contributed by atoms with E-state index in [1.165, 1.54) is 22.2 Å². The molecular weight excluding hydrogens is 312 g/mol. The van der Waals surface area contributed by atoms with Gasteiger partial charge in [0.25, 0.3) is 0 Å². The number of fused-ring (bicyclic) bond motifs is 4. The first kappa shape index (κ1) is 14.9.